The molecule has 0 spiro atoms. The van der Waals surface area contributed by atoms with Crippen molar-refractivity contribution in [3.63, 3.8) is 0 Å². The lowest BCUT2D eigenvalue weighted by atomic mass is 9.97. The van der Waals surface area contributed by atoms with Crippen molar-refractivity contribution in [2.24, 2.45) is 11.8 Å². The van der Waals surface area contributed by atoms with E-state index in [1.807, 2.05) is 58.2 Å². The van der Waals surface area contributed by atoms with Crippen LogP contribution in [0, 0.1) is 11.8 Å². The SMILES string of the molecule is CC(CCNC(=O)C(C)C(C)C)NC(=O)Cc1ccc2cnccc2c1. The minimum Gasteiger partial charge on any atom is -0.356 e. The van der Waals surface area contributed by atoms with Crippen LogP contribution in [0.1, 0.15) is 39.7 Å². The number of aromatic nitrogens is 1. The van der Waals surface area contributed by atoms with Gasteiger partial charge in [-0.1, -0.05) is 39.0 Å². The molecule has 0 bridgehead atoms. The van der Waals surface area contributed by atoms with Gasteiger partial charge < -0.3 is 10.6 Å². The molecular weight excluding hydrogens is 326 g/mol. The normalized spacial score (nSPS) is 13.4. The first-order chi connectivity index (χ1) is 12.4. The zero-order valence-corrected chi connectivity index (χ0v) is 16.1. The molecule has 2 N–H and O–H groups in total. The number of rotatable bonds is 8. The Kier molecular flexibility index (Phi) is 7.13. The molecule has 1 aromatic heterocycles. The lowest BCUT2D eigenvalue weighted by Crippen LogP contribution is -2.38. The molecule has 0 radical (unpaired) electrons. The van der Waals surface area contributed by atoms with Gasteiger partial charge in [-0.25, -0.2) is 0 Å². The Labute approximate surface area is 155 Å². The number of amides is 2. The van der Waals surface area contributed by atoms with E-state index in [0.717, 1.165) is 16.3 Å². The minimum atomic E-state index is -0.00668. The number of pyridine rings is 1. The quantitative estimate of drug-likeness (QED) is 0.764. The van der Waals surface area contributed by atoms with E-state index >= 15 is 0 Å². The monoisotopic (exact) mass is 355 g/mol. The van der Waals surface area contributed by atoms with Crippen molar-refractivity contribution in [3.8, 4) is 0 Å². The van der Waals surface area contributed by atoms with Crippen LogP contribution in [0.2, 0.25) is 0 Å². The zero-order chi connectivity index (χ0) is 19.1. The second-order valence-corrected chi connectivity index (χ2v) is 7.31. The van der Waals surface area contributed by atoms with Gasteiger partial charge in [0.15, 0.2) is 0 Å². The van der Waals surface area contributed by atoms with E-state index in [0.29, 0.717) is 25.3 Å². The smallest absolute Gasteiger partial charge is 0.224 e. The first kappa shape index (κ1) is 19.9. The van der Waals surface area contributed by atoms with Gasteiger partial charge in [-0.2, -0.15) is 0 Å². The highest BCUT2D eigenvalue weighted by atomic mass is 16.2. The molecule has 5 heteroatoms. The molecule has 0 saturated heterocycles. The zero-order valence-electron chi connectivity index (χ0n) is 16.1. The Hall–Kier alpha value is -2.43. The molecule has 2 atom stereocenters. The van der Waals surface area contributed by atoms with Crippen molar-refractivity contribution in [1.29, 1.82) is 0 Å². The molecule has 0 aliphatic heterocycles. The Bertz CT molecular complexity index is 758. The van der Waals surface area contributed by atoms with Gasteiger partial charge in [0.25, 0.3) is 0 Å². The lowest BCUT2D eigenvalue weighted by molar-refractivity contribution is -0.125. The highest BCUT2D eigenvalue weighted by molar-refractivity contribution is 5.84. The Morgan fingerprint density at radius 3 is 2.58 bits per heavy atom. The molecule has 2 amide bonds. The molecule has 2 aromatic rings. The van der Waals surface area contributed by atoms with Crippen LogP contribution in [-0.2, 0) is 16.0 Å². The first-order valence-electron chi connectivity index (χ1n) is 9.26. The van der Waals surface area contributed by atoms with Crippen LogP contribution in [0.5, 0.6) is 0 Å². The summed E-state index contributed by atoms with van der Waals surface area (Å²) in [6.07, 6.45) is 4.63. The van der Waals surface area contributed by atoms with E-state index in [-0.39, 0.29) is 23.8 Å². The van der Waals surface area contributed by atoms with Gasteiger partial charge in [0.2, 0.25) is 11.8 Å². The molecule has 0 fully saturated rings. The summed E-state index contributed by atoms with van der Waals surface area (Å²) in [5, 5.41) is 8.09. The van der Waals surface area contributed by atoms with E-state index in [1.54, 1.807) is 6.20 Å². The number of nitrogens with zero attached hydrogens (tertiary/aromatic N) is 1. The summed E-state index contributed by atoms with van der Waals surface area (Å²) in [6.45, 7) is 8.54. The molecule has 1 heterocycles. The molecule has 0 saturated carbocycles. The van der Waals surface area contributed by atoms with Gasteiger partial charge in [0, 0.05) is 36.3 Å². The predicted molar refractivity (Wildman–Crippen MR) is 105 cm³/mol. The maximum atomic E-state index is 12.2. The van der Waals surface area contributed by atoms with Gasteiger partial charge >= 0.3 is 0 Å². The largest absolute Gasteiger partial charge is 0.356 e. The van der Waals surface area contributed by atoms with Crippen LogP contribution in [0.4, 0.5) is 0 Å². The van der Waals surface area contributed by atoms with Crippen molar-refractivity contribution in [1.82, 2.24) is 15.6 Å². The summed E-state index contributed by atoms with van der Waals surface area (Å²) in [6, 6.07) is 7.93. The van der Waals surface area contributed by atoms with E-state index in [2.05, 4.69) is 15.6 Å². The molecule has 0 aliphatic carbocycles. The van der Waals surface area contributed by atoms with E-state index in [1.165, 1.54) is 0 Å². The number of nitrogens with one attached hydrogen (secondary N) is 2. The molecular formula is C21H29N3O2. The standard InChI is InChI=1S/C21H29N3O2/c1-14(2)16(4)21(26)23-10-7-15(3)24-20(25)12-17-5-6-19-13-22-9-8-18(19)11-17/h5-6,8-9,11,13-16H,7,10,12H2,1-4H3,(H,23,26)(H,24,25). The van der Waals surface area contributed by atoms with Crippen LogP contribution in [-0.4, -0.2) is 29.4 Å². The van der Waals surface area contributed by atoms with Crippen LogP contribution in [0.15, 0.2) is 36.7 Å². The average molecular weight is 355 g/mol. The van der Waals surface area contributed by atoms with Crippen LogP contribution in [0.3, 0.4) is 0 Å². The number of benzene rings is 1. The maximum absolute atomic E-state index is 12.2. The highest BCUT2D eigenvalue weighted by Gasteiger charge is 2.16. The molecule has 1 aromatic carbocycles. The minimum absolute atomic E-state index is 0.00278. The van der Waals surface area contributed by atoms with Gasteiger partial charge in [0.05, 0.1) is 6.42 Å². The van der Waals surface area contributed by atoms with Crippen molar-refractivity contribution < 1.29 is 9.59 Å². The molecule has 26 heavy (non-hydrogen) atoms. The van der Waals surface area contributed by atoms with Crippen LogP contribution >= 0.6 is 0 Å². The van der Waals surface area contributed by atoms with Crippen molar-refractivity contribution in [2.75, 3.05) is 6.54 Å². The van der Waals surface area contributed by atoms with Gasteiger partial charge in [-0.05, 0) is 36.3 Å². The Morgan fingerprint density at radius 1 is 1.08 bits per heavy atom. The summed E-state index contributed by atoms with van der Waals surface area (Å²) in [7, 11) is 0. The number of fused-ring (bicyclic) bond motifs is 1. The number of hydrogen-bond donors (Lipinski definition) is 2. The average Bonchev–Trinajstić information content (AvgIpc) is 2.60. The summed E-state index contributed by atoms with van der Waals surface area (Å²) < 4.78 is 0. The predicted octanol–water partition coefficient (Wildman–Crippen LogP) is 3.08. The molecule has 140 valence electrons. The fraction of sp³-hybridized carbons (Fsp3) is 0.476. The van der Waals surface area contributed by atoms with Crippen LogP contribution in [0.25, 0.3) is 10.8 Å². The second kappa shape index (κ2) is 9.32. The van der Waals surface area contributed by atoms with E-state index in [9.17, 15) is 9.59 Å². The van der Waals surface area contributed by atoms with Gasteiger partial charge in [-0.15, -0.1) is 0 Å². The molecule has 0 aliphatic rings. The third-order valence-electron chi connectivity index (χ3n) is 4.77. The highest BCUT2D eigenvalue weighted by Crippen LogP contribution is 2.15. The summed E-state index contributed by atoms with van der Waals surface area (Å²) >= 11 is 0. The first-order valence-corrected chi connectivity index (χ1v) is 9.26. The van der Waals surface area contributed by atoms with Crippen molar-refractivity contribution >= 4 is 22.6 Å². The third kappa shape index (κ3) is 5.83. The Balaban J connectivity index is 1.76. The Morgan fingerprint density at radius 2 is 1.85 bits per heavy atom. The molecule has 2 rings (SSSR count). The number of hydrogen-bond acceptors (Lipinski definition) is 3. The number of carbonyl (C=O) groups excluding carboxylic acids is 2. The molecule has 5 nitrogen and oxygen atoms in total. The summed E-state index contributed by atoms with van der Waals surface area (Å²) in [4.78, 5) is 28.3. The summed E-state index contributed by atoms with van der Waals surface area (Å²) in [5.74, 6) is 0.393. The fourth-order valence-corrected chi connectivity index (χ4v) is 2.70. The van der Waals surface area contributed by atoms with E-state index < -0.39 is 0 Å². The lowest BCUT2D eigenvalue weighted by Gasteiger charge is -2.17. The fourth-order valence-electron chi connectivity index (χ4n) is 2.70. The van der Waals surface area contributed by atoms with Crippen molar-refractivity contribution in [3.05, 3.63) is 42.2 Å². The van der Waals surface area contributed by atoms with Crippen LogP contribution < -0.4 is 10.6 Å². The summed E-state index contributed by atoms with van der Waals surface area (Å²) in [5.41, 5.74) is 0.979. The third-order valence-corrected chi connectivity index (χ3v) is 4.77. The van der Waals surface area contributed by atoms with Crippen molar-refractivity contribution in [2.45, 2.75) is 46.6 Å². The van der Waals surface area contributed by atoms with Gasteiger partial charge in [-0.3, -0.25) is 14.6 Å². The maximum Gasteiger partial charge on any atom is 0.224 e. The molecule has 2 unspecified atom stereocenters. The second-order valence-electron chi connectivity index (χ2n) is 7.31. The number of carbonyl (C=O) groups is 2. The topological polar surface area (TPSA) is 71.1 Å². The van der Waals surface area contributed by atoms with Gasteiger partial charge in [0.1, 0.15) is 0 Å². The van der Waals surface area contributed by atoms with E-state index in [4.69, 9.17) is 0 Å².